The Labute approximate surface area is 227 Å². The maximum absolute atomic E-state index is 10.2. The standard InChI is InChI=1S/C33H42N2O3/c36-29-12-11-26-22-28(10-9-27(26)23-29)32-16-13-30(37)24-33(32)34-17-5-6-25-7-14-31(15-8-25)38-21-20-35-18-3-1-2-4-19-35/h7-8,11-16,23-24,28,34,36-37H,1-6,9-10,17-22H2/t28-/m0/s1. The van der Waals surface area contributed by atoms with E-state index in [-0.39, 0.29) is 0 Å². The van der Waals surface area contributed by atoms with Gasteiger partial charge in [0.25, 0.3) is 0 Å². The van der Waals surface area contributed by atoms with E-state index in [1.807, 2.05) is 12.1 Å². The van der Waals surface area contributed by atoms with Crippen molar-refractivity contribution < 1.29 is 14.9 Å². The molecule has 0 bridgehead atoms. The fourth-order valence-corrected chi connectivity index (χ4v) is 5.98. The molecular formula is C33H42N2O3. The smallest absolute Gasteiger partial charge is 0.119 e. The van der Waals surface area contributed by atoms with Crippen molar-refractivity contribution in [1.29, 1.82) is 0 Å². The molecule has 5 heteroatoms. The predicted octanol–water partition coefficient (Wildman–Crippen LogP) is 6.67. The van der Waals surface area contributed by atoms with Gasteiger partial charge < -0.3 is 20.3 Å². The molecule has 0 saturated carbocycles. The van der Waals surface area contributed by atoms with Gasteiger partial charge in [-0.15, -0.1) is 0 Å². The highest BCUT2D eigenvalue weighted by molar-refractivity contribution is 5.57. The molecule has 1 aliphatic carbocycles. The number of aryl methyl sites for hydroxylation is 2. The molecule has 3 aromatic rings. The second-order valence-corrected chi connectivity index (χ2v) is 10.9. The molecule has 5 nitrogen and oxygen atoms in total. The first-order chi connectivity index (χ1) is 18.6. The van der Waals surface area contributed by atoms with Gasteiger partial charge in [0.2, 0.25) is 0 Å². The third kappa shape index (κ3) is 7.22. The van der Waals surface area contributed by atoms with Gasteiger partial charge in [-0.25, -0.2) is 0 Å². The zero-order valence-electron chi connectivity index (χ0n) is 22.5. The van der Waals surface area contributed by atoms with Gasteiger partial charge in [-0.2, -0.15) is 0 Å². The summed E-state index contributed by atoms with van der Waals surface area (Å²) in [5, 5.41) is 23.6. The Hall–Kier alpha value is -3.18. The van der Waals surface area contributed by atoms with Crippen molar-refractivity contribution in [3.05, 3.63) is 82.9 Å². The molecule has 0 radical (unpaired) electrons. The molecular weight excluding hydrogens is 472 g/mol. The minimum absolute atomic E-state index is 0.295. The van der Waals surface area contributed by atoms with Gasteiger partial charge in [0.05, 0.1) is 0 Å². The van der Waals surface area contributed by atoms with E-state index in [9.17, 15) is 10.2 Å². The molecule has 5 rings (SSSR count). The monoisotopic (exact) mass is 514 g/mol. The van der Waals surface area contributed by atoms with Crippen molar-refractivity contribution in [2.75, 3.05) is 38.1 Å². The number of fused-ring (bicyclic) bond motifs is 1. The lowest BCUT2D eigenvalue weighted by Crippen LogP contribution is -2.29. The summed E-state index contributed by atoms with van der Waals surface area (Å²) in [7, 11) is 0. The number of benzene rings is 3. The number of likely N-dealkylation sites (tertiary alicyclic amines) is 1. The van der Waals surface area contributed by atoms with Crippen molar-refractivity contribution in [3.8, 4) is 17.2 Å². The molecule has 1 saturated heterocycles. The average Bonchev–Trinajstić information content (AvgIpc) is 3.21. The lowest BCUT2D eigenvalue weighted by Gasteiger charge is -2.27. The average molecular weight is 515 g/mol. The molecule has 0 spiro atoms. The fourth-order valence-electron chi connectivity index (χ4n) is 5.98. The third-order valence-electron chi connectivity index (χ3n) is 8.15. The van der Waals surface area contributed by atoms with Crippen LogP contribution in [0.25, 0.3) is 0 Å². The Morgan fingerprint density at radius 3 is 2.42 bits per heavy atom. The number of phenols is 2. The van der Waals surface area contributed by atoms with Crippen LogP contribution in [0.2, 0.25) is 0 Å². The van der Waals surface area contributed by atoms with Crippen LogP contribution in [0.1, 0.15) is 66.7 Å². The largest absolute Gasteiger partial charge is 0.508 e. The molecule has 0 unspecified atom stereocenters. The van der Waals surface area contributed by atoms with Crippen molar-refractivity contribution in [2.45, 2.75) is 63.7 Å². The number of rotatable bonds is 10. The first kappa shape index (κ1) is 26.4. The Balaban J connectivity index is 1.08. The predicted molar refractivity (Wildman–Crippen MR) is 155 cm³/mol. The second-order valence-electron chi connectivity index (χ2n) is 10.9. The van der Waals surface area contributed by atoms with Crippen LogP contribution in [0.5, 0.6) is 17.2 Å². The van der Waals surface area contributed by atoms with E-state index in [0.717, 1.165) is 63.2 Å². The summed E-state index contributed by atoms with van der Waals surface area (Å²) in [4.78, 5) is 2.53. The van der Waals surface area contributed by atoms with Crippen LogP contribution >= 0.6 is 0 Å². The van der Waals surface area contributed by atoms with Gasteiger partial charge in [0, 0.05) is 24.8 Å². The van der Waals surface area contributed by atoms with Crippen molar-refractivity contribution >= 4 is 5.69 Å². The molecule has 3 aromatic carbocycles. The summed E-state index contributed by atoms with van der Waals surface area (Å²) in [5.74, 6) is 2.00. The molecule has 202 valence electrons. The minimum Gasteiger partial charge on any atom is -0.508 e. The van der Waals surface area contributed by atoms with Gasteiger partial charge in [0.1, 0.15) is 23.9 Å². The first-order valence-electron chi connectivity index (χ1n) is 14.5. The van der Waals surface area contributed by atoms with Crippen LogP contribution in [-0.4, -0.2) is 47.9 Å². The number of anilines is 1. The summed E-state index contributed by atoms with van der Waals surface area (Å²) in [6, 6.07) is 20.0. The number of ether oxygens (including phenoxy) is 1. The Morgan fingerprint density at radius 2 is 1.61 bits per heavy atom. The fraction of sp³-hybridized carbons (Fsp3) is 0.455. The summed E-state index contributed by atoms with van der Waals surface area (Å²) in [5.41, 5.74) is 6.18. The number of hydrogen-bond donors (Lipinski definition) is 3. The summed E-state index contributed by atoms with van der Waals surface area (Å²) in [6.07, 6.45) is 10.3. The lowest BCUT2D eigenvalue weighted by molar-refractivity contribution is 0.214. The van der Waals surface area contributed by atoms with Crippen molar-refractivity contribution in [3.63, 3.8) is 0 Å². The lowest BCUT2D eigenvalue weighted by atomic mass is 9.79. The van der Waals surface area contributed by atoms with E-state index in [1.165, 1.54) is 61.0 Å². The van der Waals surface area contributed by atoms with Crippen LogP contribution < -0.4 is 10.1 Å². The van der Waals surface area contributed by atoms with E-state index in [2.05, 4.69) is 46.6 Å². The Bertz CT molecular complexity index is 1170. The van der Waals surface area contributed by atoms with E-state index < -0.39 is 0 Å². The minimum atomic E-state index is 0.295. The Morgan fingerprint density at radius 1 is 0.842 bits per heavy atom. The van der Waals surface area contributed by atoms with Crippen LogP contribution in [0, 0.1) is 0 Å². The van der Waals surface area contributed by atoms with E-state index in [0.29, 0.717) is 17.4 Å². The SMILES string of the molecule is Oc1ccc2c(c1)CC[C@H](c1ccc(O)cc1NCCCc1ccc(OCCN3CCCCCC3)cc1)C2. The Kier molecular flexibility index (Phi) is 9.08. The van der Waals surface area contributed by atoms with Gasteiger partial charge in [-0.1, -0.05) is 37.1 Å². The number of hydrogen-bond acceptors (Lipinski definition) is 5. The summed E-state index contributed by atoms with van der Waals surface area (Å²) in [6.45, 7) is 5.04. The van der Waals surface area contributed by atoms with Crippen LogP contribution in [0.3, 0.4) is 0 Å². The molecule has 2 aliphatic rings. The molecule has 1 aliphatic heterocycles. The zero-order valence-corrected chi connectivity index (χ0v) is 22.5. The number of nitrogens with one attached hydrogen (secondary N) is 1. The maximum atomic E-state index is 10.2. The van der Waals surface area contributed by atoms with Crippen LogP contribution in [0.4, 0.5) is 5.69 Å². The second kappa shape index (κ2) is 13.1. The van der Waals surface area contributed by atoms with Gasteiger partial charge in [-0.05, 0) is 117 Å². The highest BCUT2D eigenvalue weighted by Gasteiger charge is 2.23. The topological polar surface area (TPSA) is 65.0 Å². The van der Waals surface area contributed by atoms with Crippen LogP contribution in [-0.2, 0) is 19.3 Å². The molecule has 1 atom stereocenters. The van der Waals surface area contributed by atoms with Gasteiger partial charge in [-0.3, -0.25) is 4.90 Å². The van der Waals surface area contributed by atoms with E-state index >= 15 is 0 Å². The molecule has 1 heterocycles. The molecule has 0 aromatic heterocycles. The number of phenolic OH excluding ortho intramolecular Hbond substituents is 2. The summed E-state index contributed by atoms with van der Waals surface area (Å²) < 4.78 is 6.01. The van der Waals surface area contributed by atoms with Crippen molar-refractivity contribution in [1.82, 2.24) is 4.90 Å². The molecule has 38 heavy (non-hydrogen) atoms. The highest BCUT2D eigenvalue weighted by Crippen LogP contribution is 2.38. The molecule has 1 fully saturated rings. The van der Waals surface area contributed by atoms with Gasteiger partial charge in [0.15, 0.2) is 0 Å². The van der Waals surface area contributed by atoms with Crippen LogP contribution in [0.15, 0.2) is 60.7 Å². The highest BCUT2D eigenvalue weighted by atomic mass is 16.5. The van der Waals surface area contributed by atoms with E-state index in [1.54, 1.807) is 12.1 Å². The zero-order chi connectivity index (χ0) is 26.2. The summed E-state index contributed by atoms with van der Waals surface area (Å²) >= 11 is 0. The quantitative estimate of drug-likeness (QED) is 0.264. The van der Waals surface area contributed by atoms with Crippen molar-refractivity contribution in [2.24, 2.45) is 0 Å². The van der Waals surface area contributed by atoms with E-state index in [4.69, 9.17) is 4.74 Å². The normalized spacial score (nSPS) is 17.9. The maximum Gasteiger partial charge on any atom is 0.119 e. The van der Waals surface area contributed by atoms with Gasteiger partial charge >= 0.3 is 0 Å². The molecule has 3 N–H and O–H groups in total. The number of nitrogens with zero attached hydrogens (tertiary/aromatic N) is 1. The first-order valence-corrected chi connectivity index (χ1v) is 14.5. The number of aromatic hydroxyl groups is 2. The molecule has 0 amide bonds. The third-order valence-corrected chi connectivity index (χ3v) is 8.15.